The van der Waals surface area contributed by atoms with Crippen LogP contribution < -0.4 is 10.1 Å². The molecule has 1 aliphatic rings. The summed E-state index contributed by atoms with van der Waals surface area (Å²) in [6.07, 6.45) is 8.73. The summed E-state index contributed by atoms with van der Waals surface area (Å²) in [6, 6.07) is 14.7. The third kappa shape index (κ3) is 4.45. The van der Waals surface area contributed by atoms with E-state index < -0.39 is 0 Å². The molecule has 0 saturated heterocycles. The first kappa shape index (κ1) is 23.6. The van der Waals surface area contributed by atoms with Crippen LogP contribution in [0.5, 0.6) is 5.88 Å². The van der Waals surface area contributed by atoms with E-state index in [0.29, 0.717) is 11.7 Å². The maximum atomic E-state index is 5.64. The number of pyridine rings is 1. The Morgan fingerprint density at radius 2 is 1.86 bits per heavy atom. The molecule has 1 saturated carbocycles. The van der Waals surface area contributed by atoms with Gasteiger partial charge in [0.25, 0.3) is 0 Å². The standard InChI is InChI=1S/C28H28N6O2S/c1-34-14-13-30-27(34)26-32-25(31-19-9-10-20(16-19)35-2)23-22(17-7-5-4-6-8-17)24(37-28(23)33-26)18-11-12-29-21(15-18)36-3/h4-8,11-15,19-20H,9-10,16H2,1-3H3,(H,31,32,33). The van der Waals surface area contributed by atoms with Crippen molar-refractivity contribution in [1.82, 2.24) is 24.5 Å². The minimum Gasteiger partial charge on any atom is -0.481 e. The predicted molar refractivity (Wildman–Crippen MR) is 147 cm³/mol. The number of aromatic nitrogens is 5. The van der Waals surface area contributed by atoms with Gasteiger partial charge in [-0.05, 0) is 36.5 Å². The highest BCUT2D eigenvalue weighted by atomic mass is 32.1. The van der Waals surface area contributed by atoms with Crippen molar-refractivity contribution in [3.05, 3.63) is 61.1 Å². The molecule has 188 valence electrons. The number of anilines is 1. The average molecular weight is 513 g/mol. The molecule has 1 aromatic carbocycles. The SMILES string of the molecule is COc1cc(-c2sc3nc(-c4nccn4C)nc(NC4CCC(OC)C4)c3c2-c2ccccc2)ccn1. The molecule has 2 atom stereocenters. The van der Waals surface area contributed by atoms with Crippen molar-refractivity contribution in [3.8, 4) is 39.1 Å². The van der Waals surface area contributed by atoms with Gasteiger partial charge in [-0.15, -0.1) is 11.3 Å². The molecule has 2 unspecified atom stereocenters. The van der Waals surface area contributed by atoms with E-state index in [2.05, 4.69) is 39.6 Å². The Bertz CT molecular complexity index is 1550. The summed E-state index contributed by atoms with van der Waals surface area (Å²) in [5, 5.41) is 4.78. The van der Waals surface area contributed by atoms with Crippen molar-refractivity contribution < 1.29 is 9.47 Å². The Morgan fingerprint density at radius 1 is 1.00 bits per heavy atom. The van der Waals surface area contributed by atoms with E-state index in [0.717, 1.165) is 62.7 Å². The van der Waals surface area contributed by atoms with E-state index in [-0.39, 0.29) is 12.1 Å². The minimum absolute atomic E-state index is 0.264. The van der Waals surface area contributed by atoms with Gasteiger partial charge >= 0.3 is 0 Å². The number of hydrogen-bond acceptors (Lipinski definition) is 8. The zero-order chi connectivity index (χ0) is 25.4. The monoisotopic (exact) mass is 512 g/mol. The number of thiophene rings is 1. The van der Waals surface area contributed by atoms with Gasteiger partial charge in [0.15, 0.2) is 11.6 Å². The molecule has 6 rings (SSSR count). The Balaban J connectivity index is 1.61. The van der Waals surface area contributed by atoms with Gasteiger partial charge in [0.2, 0.25) is 5.88 Å². The topological polar surface area (TPSA) is 87.0 Å². The van der Waals surface area contributed by atoms with E-state index >= 15 is 0 Å². The van der Waals surface area contributed by atoms with E-state index in [4.69, 9.17) is 19.4 Å². The van der Waals surface area contributed by atoms with Gasteiger partial charge < -0.3 is 19.4 Å². The van der Waals surface area contributed by atoms with Gasteiger partial charge in [0.05, 0.1) is 18.6 Å². The molecule has 4 heterocycles. The molecule has 37 heavy (non-hydrogen) atoms. The lowest BCUT2D eigenvalue weighted by Crippen LogP contribution is -2.18. The second kappa shape index (κ2) is 9.91. The minimum atomic E-state index is 0.264. The van der Waals surface area contributed by atoms with E-state index in [9.17, 15) is 0 Å². The van der Waals surface area contributed by atoms with Crippen LogP contribution >= 0.6 is 11.3 Å². The first-order chi connectivity index (χ1) is 18.1. The van der Waals surface area contributed by atoms with Crippen molar-refractivity contribution in [3.63, 3.8) is 0 Å². The molecule has 0 aliphatic heterocycles. The lowest BCUT2D eigenvalue weighted by Gasteiger charge is -2.16. The predicted octanol–water partition coefficient (Wildman–Crippen LogP) is 5.81. The number of hydrogen-bond donors (Lipinski definition) is 1. The maximum absolute atomic E-state index is 5.64. The maximum Gasteiger partial charge on any atom is 0.213 e. The van der Waals surface area contributed by atoms with E-state index in [1.54, 1.807) is 38.0 Å². The zero-order valence-corrected chi connectivity index (χ0v) is 21.8. The summed E-state index contributed by atoms with van der Waals surface area (Å²) in [5.41, 5.74) is 3.24. The fourth-order valence-corrected chi connectivity index (χ4v) is 6.20. The fraction of sp³-hybridized carbons (Fsp3) is 0.286. The highest BCUT2D eigenvalue weighted by Gasteiger charge is 2.28. The van der Waals surface area contributed by atoms with E-state index in [1.165, 1.54) is 0 Å². The van der Waals surface area contributed by atoms with Crippen LogP contribution in [0, 0.1) is 0 Å². The molecule has 0 amide bonds. The summed E-state index contributed by atoms with van der Waals surface area (Å²) in [5.74, 6) is 2.73. The second-order valence-electron chi connectivity index (χ2n) is 9.21. The average Bonchev–Trinajstić information content (AvgIpc) is 3.67. The van der Waals surface area contributed by atoms with Crippen LogP contribution in [0.2, 0.25) is 0 Å². The van der Waals surface area contributed by atoms with Gasteiger partial charge in [-0.1, -0.05) is 30.3 Å². The van der Waals surface area contributed by atoms with Gasteiger partial charge in [0, 0.05) is 55.3 Å². The number of nitrogens with one attached hydrogen (secondary N) is 1. The van der Waals surface area contributed by atoms with Gasteiger partial charge in [-0.25, -0.2) is 19.9 Å². The van der Waals surface area contributed by atoms with Crippen LogP contribution in [-0.2, 0) is 11.8 Å². The molecule has 0 radical (unpaired) electrons. The smallest absolute Gasteiger partial charge is 0.213 e. The Labute approximate surface area is 219 Å². The third-order valence-corrected chi connectivity index (χ3v) is 8.03. The summed E-state index contributed by atoms with van der Waals surface area (Å²) in [6.45, 7) is 0. The quantitative estimate of drug-likeness (QED) is 0.294. The first-order valence-corrected chi connectivity index (χ1v) is 13.1. The van der Waals surface area contributed by atoms with Crippen molar-refractivity contribution >= 4 is 27.4 Å². The number of methoxy groups -OCH3 is 2. The molecular formula is C28H28N6O2S. The molecule has 8 nitrogen and oxygen atoms in total. The third-order valence-electron chi connectivity index (χ3n) is 6.90. The molecule has 0 spiro atoms. The number of fused-ring (bicyclic) bond motifs is 1. The Hall–Kier alpha value is -3.82. The molecule has 1 fully saturated rings. The van der Waals surface area contributed by atoms with Crippen LogP contribution in [0.3, 0.4) is 0 Å². The number of nitrogens with zero attached hydrogens (tertiary/aromatic N) is 5. The molecule has 0 bridgehead atoms. The highest BCUT2D eigenvalue weighted by molar-refractivity contribution is 7.22. The molecule has 5 aromatic rings. The van der Waals surface area contributed by atoms with Crippen molar-refractivity contribution in [1.29, 1.82) is 0 Å². The summed E-state index contributed by atoms with van der Waals surface area (Å²) < 4.78 is 13.0. The number of ether oxygens (including phenoxy) is 2. The lowest BCUT2D eigenvalue weighted by atomic mass is 10.00. The van der Waals surface area contributed by atoms with Crippen LogP contribution in [0.1, 0.15) is 19.3 Å². The molecular weight excluding hydrogens is 484 g/mol. The Kier molecular flexibility index (Phi) is 6.31. The number of imidazole rings is 1. The Morgan fingerprint density at radius 3 is 2.59 bits per heavy atom. The highest BCUT2D eigenvalue weighted by Crippen LogP contribution is 2.47. The van der Waals surface area contributed by atoms with Crippen molar-refractivity contribution in [2.75, 3.05) is 19.5 Å². The molecule has 4 aromatic heterocycles. The van der Waals surface area contributed by atoms with Crippen LogP contribution in [0.15, 0.2) is 61.1 Å². The fourth-order valence-electron chi connectivity index (χ4n) is 5.01. The van der Waals surface area contributed by atoms with E-state index in [1.807, 2.05) is 36.0 Å². The molecule has 1 aliphatic carbocycles. The summed E-state index contributed by atoms with van der Waals surface area (Å²) in [7, 11) is 5.38. The summed E-state index contributed by atoms with van der Waals surface area (Å²) >= 11 is 1.65. The second-order valence-corrected chi connectivity index (χ2v) is 10.2. The van der Waals surface area contributed by atoms with Crippen LogP contribution in [0.25, 0.3) is 43.4 Å². The summed E-state index contributed by atoms with van der Waals surface area (Å²) in [4.78, 5) is 20.9. The number of benzene rings is 1. The number of aryl methyl sites for hydroxylation is 1. The largest absolute Gasteiger partial charge is 0.481 e. The normalized spacial score (nSPS) is 17.4. The van der Waals surface area contributed by atoms with Gasteiger partial charge in [0.1, 0.15) is 10.6 Å². The van der Waals surface area contributed by atoms with Crippen LogP contribution in [-0.4, -0.2) is 50.9 Å². The molecule has 1 N–H and O–H groups in total. The van der Waals surface area contributed by atoms with Crippen molar-refractivity contribution in [2.24, 2.45) is 7.05 Å². The van der Waals surface area contributed by atoms with Gasteiger partial charge in [-0.3, -0.25) is 0 Å². The van der Waals surface area contributed by atoms with Crippen molar-refractivity contribution in [2.45, 2.75) is 31.4 Å². The lowest BCUT2D eigenvalue weighted by molar-refractivity contribution is 0.108. The zero-order valence-electron chi connectivity index (χ0n) is 21.0. The first-order valence-electron chi connectivity index (χ1n) is 12.3. The van der Waals surface area contributed by atoms with Gasteiger partial charge in [-0.2, -0.15) is 0 Å². The molecule has 9 heteroatoms. The van der Waals surface area contributed by atoms with Crippen LogP contribution in [0.4, 0.5) is 5.82 Å². The number of rotatable bonds is 7.